The summed E-state index contributed by atoms with van der Waals surface area (Å²) in [6.45, 7) is 9.28. The quantitative estimate of drug-likeness (QED) is 0.368. The van der Waals surface area contributed by atoms with Gasteiger partial charge >= 0.3 is 0 Å². The van der Waals surface area contributed by atoms with Gasteiger partial charge in [-0.15, -0.1) is 0 Å². The molecular formula is C31H34N2O4. The van der Waals surface area contributed by atoms with Crippen molar-refractivity contribution in [2.24, 2.45) is 5.92 Å². The molecule has 0 saturated heterocycles. The average Bonchev–Trinajstić information content (AvgIpc) is 3.68. The summed E-state index contributed by atoms with van der Waals surface area (Å²) in [5, 5.41) is 12.6. The standard InChI is InChI=1S/C31H34N2O4/c1-18-15-23-21(8-10-26(35)33(23)16-19-5-6-19)29(27(18)25(17-34)37-31(2,3)4)22-7-9-24-28-20(12-14-36-24)11-13-32-30(22)28/h7-11,13,15,19,25,34H,5-6,12,14,16-17H2,1-4H3/t25-/m1/s1. The third-order valence-corrected chi connectivity index (χ3v) is 7.50. The molecule has 2 aliphatic rings. The summed E-state index contributed by atoms with van der Waals surface area (Å²) in [5.41, 5.74) is 6.41. The van der Waals surface area contributed by atoms with E-state index < -0.39 is 11.7 Å². The zero-order chi connectivity index (χ0) is 25.9. The molecule has 6 heteroatoms. The lowest BCUT2D eigenvalue weighted by Crippen LogP contribution is -2.26. The molecule has 1 fully saturated rings. The predicted octanol–water partition coefficient (Wildman–Crippen LogP) is 5.72. The number of benzene rings is 2. The van der Waals surface area contributed by atoms with Crippen molar-refractivity contribution in [3.05, 3.63) is 69.6 Å². The molecule has 0 amide bonds. The fourth-order valence-corrected chi connectivity index (χ4v) is 5.76. The number of fused-ring (bicyclic) bond motifs is 1. The highest BCUT2D eigenvalue weighted by atomic mass is 16.5. The zero-order valence-corrected chi connectivity index (χ0v) is 22.0. The Kier molecular flexibility index (Phi) is 5.85. The number of rotatable bonds is 6. The van der Waals surface area contributed by atoms with Gasteiger partial charge in [-0.2, -0.15) is 0 Å². The molecule has 6 nitrogen and oxygen atoms in total. The van der Waals surface area contributed by atoms with Crippen LogP contribution in [0.1, 0.15) is 56.4 Å². The minimum absolute atomic E-state index is 0.0190. The van der Waals surface area contributed by atoms with Crippen molar-refractivity contribution >= 4 is 21.8 Å². The summed E-state index contributed by atoms with van der Waals surface area (Å²) < 4.78 is 14.3. The van der Waals surface area contributed by atoms with Gasteiger partial charge in [-0.3, -0.25) is 9.78 Å². The topological polar surface area (TPSA) is 73.6 Å². The number of ether oxygens (including phenoxy) is 2. The molecule has 2 aromatic carbocycles. The molecular weight excluding hydrogens is 464 g/mol. The van der Waals surface area contributed by atoms with Crippen LogP contribution in [0.3, 0.4) is 0 Å². The second kappa shape index (κ2) is 8.96. The molecule has 4 aromatic rings. The Balaban J connectivity index is 1.71. The van der Waals surface area contributed by atoms with Gasteiger partial charge in [0.05, 0.1) is 29.8 Å². The van der Waals surface area contributed by atoms with Gasteiger partial charge in [-0.25, -0.2) is 0 Å². The summed E-state index contributed by atoms with van der Waals surface area (Å²) >= 11 is 0. The van der Waals surface area contributed by atoms with Gasteiger partial charge in [0, 0.05) is 41.6 Å². The number of pyridine rings is 2. The number of hydrogen-bond donors (Lipinski definition) is 1. The minimum atomic E-state index is -0.537. The number of aliphatic hydroxyl groups is 1. The third kappa shape index (κ3) is 4.32. The first-order valence-corrected chi connectivity index (χ1v) is 13.2. The molecule has 3 heterocycles. The maximum Gasteiger partial charge on any atom is 0.251 e. The number of aryl methyl sites for hydroxylation is 1. The Bertz CT molecular complexity index is 1570. The molecule has 0 spiro atoms. The second-order valence-corrected chi connectivity index (χ2v) is 11.4. The van der Waals surface area contributed by atoms with E-state index in [0.717, 1.165) is 75.6 Å². The molecule has 0 bridgehead atoms. The Hall–Kier alpha value is -3.22. The summed E-state index contributed by atoms with van der Waals surface area (Å²) in [4.78, 5) is 17.9. The molecule has 2 aromatic heterocycles. The van der Waals surface area contributed by atoms with Crippen molar-refractivity contribution in [2.75, 3.05) is 13.2 Å². The van der Waals surface area contributed by atoms with Crippen molar-refractivity contribution in [3.63, 3.8) is 0 Å². The van der Waals surface area contributed by atoms with Crippen LogP contribution < -0.4 is 10.3 Å². The second-order valence-electron chi connectivity index (χ2n) is 11.4. The van der Waals surface area contributed by atoms with Gasteiger partial charge in [-0.05, 0) is 99.0 Å². The SMILES string of the molecule is Cc1cc2c(ccc(=O)n2CC2CC2)c(-c2ccc3c4c(ccnc24)CCO3)c1[C@@H](CO)OC(C)(C)C. The van der Waals surface area contributed by atoms with Gasteiger partial charge < -0.3 is 19.1 Å². The lowest BCUT2D eigenvalue weighted by Gasteiger charge is -2.30. The fraction of sp³-hybridized carbons (Fsp3) is 0.419. The molecule has 1 N–H and O–H groups in total. The molecule has 192 valence electrons. The Morgan fingerprint density at radius 3 is 2.73 bits per heavy atom. The van der Waals surface area contributed by atoms with Crippen LogP contribution in [-0.4, -0.2) is 33.5 Å². The molecule has 0 unspecified atom stereocenters. The van der Waals surface area contributed by atoms with Gasteiger partial charge in [0.15, 0.2) is 0 Å². The lowest BCUT2D eigenvalue weighted by molar-refractivity contribution is -0.0821. The normalized spacial score (nSPS) is 16.2. The average molecular weight is 499 g/mol. The molecule has 1 aliphatic carbocycles. The Labute approximate surface area is 216 Å². The van der Waals surface area contributed by atoms with E-state index in [2.05, 4.69) is 18.2 Å². The number of aliphatic hydroxyl groups excluding tert-OH is 1. The minimum Gasteiger partial charge on any atom is -0.493 e. The van der Waals surface area contributed by atoms with Crippen LogP contribution in [0.2, 0.25) is 0 Å². The molecule has 0 radical (unpaired) electrons. The number of nitrogens with zero attached hydrogens (tertiary/aromatic N) is 2. The largest absolute Gasteiger partial charge is 0.493 e. The summed E-state index contributed by atoms with van der Waals surface area (Å²) in [6.07, 6.45) is 4.50. The highest BCUT2D eigenvalue weighted by molar-refractivity contribution is 6.07. The monoisotopic (exact) mass is 498 g/mol. The van der Waals surface area contributed by atoms with E-state index in [1.54, 1.807) is 6.07 Å². The zero-order valence-electron chi connectivity index (χ0n) is 22.0. The lowest BCUT2D eigenvalue weighted by atomic mass is 9.86. The maximum absolute atomic E-state index is 13.0. The van der Waals surface area contributed by atoms with E-state index in [1.807, 2.05) is 50.6 Å². The number of hydrogen-bond acceptors (Lipinski definition) is 5. The van der Waals surface area contributed by atoms with E-state index in [1.165, 1.54) is 5.56 Å². The van der Waals surface area contributed by atoms with Crippen LogP contribution in [0.5, 0.6) is 5.75 Å². The first-order chi connectivity index (χ1) is 17.7. The van der Waals surface area contributed by atoms with Gasteiger partial charge in [0.1, 0.15) is 11.9 Å². The van der Waals surface area contributed by atoms with E-state index in [9.17, 15) is 9.90 Å². The highest BCUT2D eigenvalue weighted by Gasteiger charge is 2.29. The summed E-state index contributed by atoms with van der Waals surface area (Å²) in [5.74, 6) is 1.40. The van der Waals surface area contributed by atoms with Crippen LogP contribution in [0.15, 0.2) is 47.4 Å². The van der Waals surface area contributed by atoms with E-state index in [-0.39, 0.29) is 12.2 Å². The Morgan fingerprint density at radius 2 is 2.00 bits per heavy atom. The van der Waals surface area contributed by atoms with E-state index in [4.69, 9.17) is 14.5 Å². The first-order valence-electron chi connectivity index (χ1n) is 13.2. The van der Waals surface area contributed by atoms with Crippen molar-refractivity contribution in [1.82, 2.24) is 9.55 Å². The smallest absolute Gasteiger partial charge is 0.251 e. The summed E-state index contributed by atoms with van der Waals surface area (Å²) in [6, 6.07) is 11.9. The van der Waals surface area contributed by atoms with Crippen LogP contribution in [0, 0.1) is 12.8 Å². The van der Waals surface area contributed by atoms with Crippen LogP contribution in [0.25, 0.3) is 32.9 Å². The first kappa shape index (κ1) is 24.1. The molecule has 1 saturated carbocycles. The molecule has 6 rings (SSSR count). The van der Waals surface area contributed by atoms with Crippen LogP contribution in [-0.2, 0) is 17.7 Å². The molecule has 1 atom stereocenters. The highest BCUT2D eigenvalue weighted by Crippen LogP contribution is 2.45. The van der Waals surface area contributed by atoms with Crippen molar-refractivity contribution in [1.29, 1.82) is 0 Å². The van der Waals surface area contributed by atoms with Crippen molar-refractivity contribution in [2.45, 2.75) is 65.2 Å². The molecule has 1 aliphatic heterocycles. The van der Waals surface area contributed by atoms with Crippen molar-refractivity contribution < 1.29 is 14.6 Å². The Morgan fingerprint density at radius 1 is 1.19 bits per heavy atom. The fourth-order valence-electron chi connectivity index (χ4n) is 5.76. The summed E-state index contributed by atoms with van der Waals surface area (Å²) in [7, 11) is 0. The van der Waals surface area contributed by atoms with Crippen molar-refractivity contribution in [3.8, 4) is 16.9 Å². The maximum atomic E-state index is 13.0. The van der Waals surface area contributed by atoms with Gasteiger partial charge in [0.25, 0.3) is 5.56 Å². The molecule has 37 heavy (non-hydrogen) atoms. The number of aromatic nitrogens is 2. The van der Waals surface area contributed by atoms with E-state index >= 15 is 0 Å². The predicted molar refractivity (Wildman–Crippen MR) is 146 cm³/mol. The van der Waals surface area contributed by atoms with Crippen LogP contribution >= 0.6 is 0 Å². The van der Waals surface area contributed by atoms with Crippen LogP contribution in [0.4, 0.5) is 0 Å². The van der Waals surface area contributed by atoms with Gasteiger partial charge in [0.2, 0.25) is 0 Å². The van der Waals surface area contributed by atoms with E-state index in [0.29, 0.717) is 12.5 Å². The van der Waals surface area contributed by atoms with Gasteiger partial charge in [-0.1, -0.05) is 0 Å². The third-order valence-electron chi connectivity index (χ3n) is 7.50.